The highest BCUT2D eigenvalue weighted by Crippen LogP contribution is 2.41. The van der Waals surface area contributed by atoms with E-state index in [1.54, 1.807) is 0 Å². The Kier molecular flexibility index (Phi) is 6.42. The molecule has 5 nitrogen and oxygen atoms in total. The SMILES string of the molecule is c1ccc(-c2cccc(-c3nc(-c4ccccc4)nc(-c4ccc5c(c4)oc4c5ccc5c4c4ccccc4n5-c4ccccc4)n3)c2)cc1. The molecule has 3 aromatic heterocycles. The Morgan fingerprint density at radius 3 is 1.72 bits per heavy atom. The van der Waals surface area contributed by atoms with E-state index in [4.69, 9.17) is 19.4 Å². The zero-order valence-electron chi connectivity index (χ0n) is 26.9. The Balaban J connectivity index is 1.16. The molecule has 0 aliphatic rings. The molecule has 3 heterocycles. The molecular formula is C45H28N4O. The molecule has 0 aliphatic heterocycles. The highest BCUT2D eigenvalue weighted by molar-refractivity contribution is 6.24. The molecule has 0 radical (unpaired) electrons. The summed E-state index contributed by atoms with van der Waals surface area (Å²) >= 11 is 0. The normalized spacial score (nSPS) is 11.6. The van der Waals surface area contributed by atoms with Crippen molar-refractivity contribution in [1.29, 1.82) is 0 Å². The predicted octanol–water partition coefficient (Wildman–Crippen LogP) is 11.5. The van der Waals surface area contributed by atoms with Gasteiger partial charge in [-0.2, -0.15) is 0 Å². The van der Waals surface area contributed by atoms with Crippen molar-refractivity contribution in [1.82, 2.24) is 19.5 Å². The van der Waals surface area contributed by atoms with Crippen LogP contribution in [0.5, 0.6) is 0 Å². The van der Waals surface area contributed by atoms with Crippen molar-refractivity contribution in [2.24, 2.45) is 0 Å². The summed E-state index contributed by atoms with van der Waals surface area (Å²) in [4.78, 5) is 15.0. The number of benzene rings is 7. The maximum absolute atomic E-state index is 6.80. The lowest BCUT2D eigenvalue weighted by Crippen LogP contribution is -2.00. The van der Waals surface area contributed by atoms with Crippen LogP contribution in [0.15, 0.2) is 174 Å². The number of fused-ring (bicyclic) bond motifs is 7. The summed E-state index contributed by atoms with van der Waals surface area (Å²) in [6.45, 7) is 0. The van der Waals surface area contributed by atoms with Crippen molar-refractivity contribution in [3.8, 4) is 51.0 Å². The second-order valence-corrected chi connectivity index (χ2v) is 12.5. The van der Waals surface area contributed by atoms with Crippen molar-refractivity contribution in [3.05, 3.63) is 170 Å². The van der Waals surface area contributed by atoms with Gasteiger partial charge < -0.3 is 8.98 Å². The summed E-state index contributed by atoms with van der Waals surface area (Å²) in [5.74, 6) is 1.83. The number of para-hydroxylation sites is 2. The molecule has 10 aromatic rings. The van der Waals surface area contributed by atoms with Crippen LogP contribution >= 0.6 is 0 Å². The lowest BCUT2D eigenvalue weighted by atomic mass is 10.0. The Bertz CT molecular complexity index is 2860. The lowest BCUT2D eigenvalue weighted by molar-refractivity contribution is 0.673. The molecule has 0 amide bonds. The smallest absolute Gasteiger partial charge is 0.164 e. The van der Waals surface area contributed by atoms with E-state index in [2.05, 4.69) is 132 Å². The first-order valence-corrected chi connectivity index (χ1v) is 16.7. The molecule has 0 bridgehead atoms. The Labute approximate surface area is 287 Å². The van der Waals surface area contributed by atoms with Crippen LogP contribution in [0.4, 0.5) is 0 Å². The molecule has 0 aliphatic carbocycles. The molecule has 0 N–H and O–H groups in total. The second kappa shape index (κ2) is 11.4. The molecule has 50 heavy (non-hydrogen) atoms. The van der Waals surface area contributed by atoms with Gasteiger partial charge in [-0.1, -0.05) is 121 Å². The van der Waals surface area contributed by atoms with Crippen LogP contribution in [0, 0.1) is 0 Å². The molecular weight excluding hydrogens is 613 g/mol. The molecule has 5 heteroatoms. The zero-order chi connectivity index (χ0) is 33.0. The van der Waals surface area contributed by atoms with Crippen molar-refractivity contribution in [2.75, 3.05) is 0 Å². The van der Waals surface area contributed by atoms with E-state index in [9.17, 15) is 0 Å². The quantitative estimate of drug-likeness (QED) is 0.188. The molecule has 7 aromatic carbocycles. The molecule has 0 saturated heterocycles. The van der Waals surface area contributed by atoms with Crippen LogP contribution in [0.1, 0.15) is 0 Å². The summed E-state index contributed by atoms with van der Waals surface area (Å²) in [5, 5.41) is 4.39. The minimum Gasteiger partial charge on any atom is -0.455 e. The molecule has 0 unspecified atom stereocenters. The third-order valence-corrected chi connectivity index (χ3v) is 9.44. The number of aromatic nitrogens is 4. The summed E-state index contributed by atoms with van der Waals surface area (Å²) in [5.41, 5.74) is 9.99. The summed E-state index contributed by atoms with van der Waals surface area (Å²) in [7, 11) is 0. The van der Waals surface area contributed by atoms with E-state index in [0.29, 0.717) is 17.5 Å². The molecule has 0 fully saturated rings. The number of hydrogen-bond donors (Lipinski definition) is 0. The van der Waals surface area contributed by atoms with Gasteiger partial charge in [0.2, 0.25) is 0 Å². The molecule has 0 spiro atoms. The van der Waals surface area contributed by atoms with Gasteiger partial charge in [0.05, 0.1) is 16.4 Å². The number of rotatable bonds is 5. The molecule has 0 atom stereocenters. The third-order valence-electron chi connectivity index (χ3n) is 9.44. The van der Waals surface area contributed by atoms with Gasteiger partial charge in [-0.25, -0.2) is 15.0 Å². The van der Waals surface area contributed by atoms with Gasteiger partial charge in [0.15, 0.2) is 17.5 Å². The van der Waals surface area contributed by atoms with Gasteiger partial charge in [0.25, 0.3) is 0 Å². The van der Waals surface area contributed by atoms with Gasteiger partial charge >= 0.3 is 0 Å². The van der Waals surface area contributed by atoms with E-state index in [1.807, 2.05) is 42.5 Å². The van der Waals surface area contributed by atoms with Crippen molar-refractivity contribution in [3.63, 3.8) is 0 Å². The first kappa shape index (κ1) is 28.2. The van der Waals surface area contributed by atoms with Gasteiger partial charge in [0, 0.05) is 38.5 Å². The highest BCUT2D eigenvalue weighted by atomic mass is 16.3. The van der Waals surface area contributed by atoms with E-state index in [0.717, 1.165) is 77.2 Å². The monoisotopic (exact) mass is 640 g/mol. The average Bonchev–Trinajstić information content (AvgIpc) is 3.74. The van der Waals surface area contributed by atoms with Gasteiger partial charge in [-0.05, 0) is 59.7 Å². The van der Waals surface area contributed by atoms with Crippen LogP contribution < -0.4 is 0 Å². The minimum absolute atomic E-state index is 0.590. The van der Waals surface area contributed by atoms with Gasteiger partial charge in [0.1, 0.15) is 11.2 Å². The molecule has 10 rings (SSSR count). The number of nitrogens with zero attached hydrogens (tertiary/aromatic N) is 4. The molecule has 0 saturated carbocycles. The van der Waals surface area contributed by atoms with Gasteiger partial charge in [-0.3, -0.25) is 0 Å². The first-order chi connectivity index (χ1) is 24.8. The maximum Gasteiger partial charge on any atom is 0.164 e. The fraction of sp³-hybridized carbons (Fsp3) is 0. The van der Waals surface area contributed by atoms with Crippen molar-refractivity contribution in [2.45, 2.75) is 0 Å². The van der Waals surface area contributed by atoms with Crippen LogP contribution in [0.2, 0.25) is 0 Å². The Morgan fingerprint density at radius 1 is 0.380 bits per heavy atom. The van der Waals surface area contributed by atoms with E-state index >= 15 is 0 Å². The summed E-state index contributed by atoms with van der Waals surface area (Å²) < 4.78 is 9.11. The summed E-state index contributed by atoms with van der Waals surface area (Å²) in [6.07, 6.45) is 0. The van der Waals surface area contributed by atoms with E-state index in [1.165, 1.54) is 0 Å². The predicted molar refractivity (Wildman–Crippen MR) is 203 cm³/mol. The largest absolute Gasteiger partial charge is 0.455 e. The minimum atomic E-state index is 0.590. The third kappa shape index (κ3) is 4.60. The number of furan rings is 1. The van der Waals surface area contributed by atoms with Gasteiger partial charge in [-0.15, -0.1) is 0 Å². The first-order valence-electron chi connectivity index (χ1n) is 16.7. The van der Waals surface area contributed by atoms with Crippen LogP contribution in [-0.2, 0) is 0 Å². The Morgan fingerprint density at radius 2 is 0.960 bits per heavy atom. The number of hydrogen-bond acceptors (Lipinski definition) is 4. The second-order valence-electron chi connectivity index (χ2n) is 12.5. The van der Waals surface area contributed by atoms with Crippen LogP contribution in [0.3, 0.4) is 0 Å². The molecule has 234 valence electrons. The zero-order valence-corrected chi connectivity index (χ0v) is 26.9. The maximum atomic E-state index is 6.80. The van der Waals surface area contributed by atoms with Crippen molar-refractivity contribution < 1.29 is 4.42 Å². The standard InChI is InChI=1S/C45H28N4O/c1-4-13-29(14-5-1)31-17-12-18-32(27-31)44-46-43(30-15-6-2-7-16-30)47-45(48-44)33-23-24-35-36-25-26-39-41(42(36)50-40(35)28-33)37-21-10-11-22-38(37)49(39)34-19-8-3-9-20-34/h1-28H. The van der Waals surface area contributed by atoms with E-state index < -0.39 is 0 Å². The van der Waals surface area contributed by atoms with Crippen LogP contribution in [-0.4, -0.2) is 19.5 Å². The highest BCUT2D eigenvalue weighted by Gasteiger charge is 2.20. The fourth-order valence-corrected chi connectivity index (χ4v) is 7.10. The fourth-order valence-electron chi connectivity index (χ4n) is 7.10. The van der Waals surface area contributed by atoms with E-state index in [-0.39, 0.29) is 0 Å². The lowest BCUT2D eigenvalue weighted by Gasteiger charge is -2.09. The average molecular weight is 641 g/mol. The van der Waals surface area contributed by atoms with Crippen molar-refractivity contribution >= 4 is 43.7 Å². The Hall–Kier alpha value is -6.85. The summed E-state index contributed by atoms with van der Waals surface area (Å²) in [6, 6.07) is 58.5. The topological polar surface area (TPSA) is 56.7 Å². The van der Waals surface area contributed by atoms with Crippen LogP contribution in [0.25, 0.3) is 94.7 Å².